The molecule has 0 radical (unpaired) electrons. The van der Waals surface area contributed by atoms with Gasteiger partial charge in [0.15, 0.2) is 5.82 Å². The van der Waals surface area contributed by atoms with E-state index >= 15 is 0 Å². The molecule has 2 amide bonds. The zero-order valence-corrected chi connectivity index (χ0v) is 17.5. The Labute approximate surface area is 176 Å². The fourth-order valence-corrected chi connectivity index (χ4v) is 4.27. The molecule has 8 heteroatoms. The van der Waals surface area contributed by atoms with Crippen LogP contribution in [-0.4, -0.2) is 75.9 Å². The Hall–Kier alpha value is -2.74. The minimum absolute atomic E-state index is 0.0396. The van der Waals surface area contributed by atoms with Crippen LogP contribution in [0.25, 0.3) is 11.5 Å². The highest BCUT2D eigenvalue weighted by Crippen LogP contribution is 2.21. The lowest BCUT2D eigenvalue weighted by atomic mass is 9.95. The lowest BCUT2D eigenvalue weighted by Gasteiger charge is -2.33. The summed E-state index contributed by atoms with van der Waals surface area (Å²) >= 11 is 0. The van der Waals surface area contributed by atoms with Crippen molar-refractivity contribution in [1.82, 2.24) is 24.8 Å². The van der Waals surface area contributed by atoms with Gasteiger partial charge in [-0.1, -0.05) is 23.4 Å². The van der Waals surface area contributed by atoms with Gasteiger partial charge in [0.05, 0.1) is 6.54 Å². The number of hydrogen-bond donors (Lipinski definition) is 0. The Kier molecular flexibility index (Phi) is 6.42. The Bertz CT molecular complexity index is 861. The van der Waals surface area contributed by atoms with Gasteiger partial charge in [0.1, 0.15) is 0 Å². The molecule has 2 aliphatic heterocycles. The lowest BCUT2D eigenvalue weighted by molar-refractivity contribution is -0.140. The Morgan fingerprint density at radius 2 is 1.77 bits per heavy atom. The SMILES string of the molecule is CC(=O)N1CCC(C(=O)N2CCCN(Cc3noc(-c4ccccc4)n3)CC2)CC1. The second-order valence-electron chi connectivity index (χ2n) is 8.12. The van der Waals surface area contributed by atoms with Gasteiger partial charge in [-0.05, 0) is 31.4 Å². The van der Waals surface area contributed by atoms with Crippen LogP contribution in [0.15, 0.2) is 34.9 Å². The third kappa shape index (κ3) is 4.87. The van der Waals surface area contributed by atoms with Crippen LogP contribution in [0.4, 0.5) is 0 Å². The molecule has 0 spiro atoms. The fraction of sp³-hybridized carbons (Fsp3) is 0.545. The highest BCUT2D eigenvalue weighted by molar-refractivity contribution is 5.79. The molecule has 3 heterocycles. The first-order valence-electron chi connectivity index (χ1n) is 10.7. The molecule has 2 fully saturated rings. The minimum Gasteiger partial charge on any atom is -0.343 e. The largest absolute Gasteiger partial charge is 0.343 e. The molecule has 0 bridgehead atoms. The maximum Gasteiger partial charge on any atom is 0.257 e. The topological polar surface area (TPSA) is 82.8 Å². The highest BCUT2D eigenvalue weighted by Gasteiger charge is 2.30. The molecular weight excluding hydrogens is 382 g/mol. The second kappa shape index (κ2) is 9.38. The molecule has 160 valence electrons. The number of hydrogen-bond acceptors (Lipinski definition) is 6. The van der Waals surface area contributed by atoms with Crippen molar-refractivity contribution >= 4 is 11.8 Å². The van der Waals surface area contributed by atoms with Gasteiger partial charge in [0.2, 0.25) is 11.8 Å². The Morgan fingerprint density at radius 3 is 2.50 bits per heavy atom. The molecule has 0 atom stereocenters. The quantitative estimate of drug-likeness (QED) is 0.766. The highest BCUT2D eigenvalue weighted by atomic mass is 16.5. The van der Waals surface area contributed by atoms with Gasteiger partial charge in [-0.25, -0.2) is 0 Å². The number of likely N-dealkylation sites (tertiary alicyclic amines) is 1. The average molecular weight is 412 g/mol. The molecule has 0 aliphatic carbocycles. The zero-order chi connectivity index (χ0) is 20.9. The maximum absolute atomic E-state index is 13.0. The predicted molar refractivity (Wildman–Crippen MR) is 111 cm³/mol. The number of rotatable bonds is 4. The average Bonchev–Trinajstić information content (AvgIpc) is 3.12. The summed E-state index contributed by atoms with van der Waals surface area (Å²) in [5.41, 5.74) is 0.916. The molecular formula is C22H29N5O3. The van der Waals surface area contributed by atoms with Gasteiger partial charge in [-0.2, -0.15) is 4.98 Å². The summed E-state index contributed by atoms with van der Waals surface area (Å²) in [4.78, 5) is 35.1. The van der Waals surface area contributed by atoms with E-state index in [1.807, 2.05) is 40.1 Å². The van der Waals surface area contributed by atoms with E-state index in [-0.39, 0.29) is 17.7 Å². The van der Waals surface area contributed by atoms with Gasteiger partial charge < -0.3 is 14.3 Å². The van der Waals surface area contributed by atoms with Gasteiger partial charge in [-0.15, -0.1) is 0 Å². The van der Waals surface area contributed by atoms with Crippen LogP contribution >= 0.6 is 0 Å². The van der Waals surface area contributed by atoms with E-state index < -0.39 is 0 Å². The van der Waals surface area contributed by atoms with Gasteiger partial charge in [-0.3, -0.25) is 14.5 Å². The third-order valence-electron chi connectivity index (χ3n) is 6.04. The third-order valence-corrected chi connectivity index (χ3v) is 6.04. The van der Waals surface area contributed by atoms with Crippen molar-refractivity contribution in [3.63, 3.8) is 0 Å². The summed E-state index contributed by atoms with van der Waals surface area (Å²) < 4.78 is 5.41. The van der Waals surface area contributed by atoms with E-state index in [1.54, 1.807) is 6.92 Å². The summed E-state index contributed by atoms with van der Waals surface area (Å²) in [6.45, 7) is 6.79. The van der Waals surface area contributed by atoms with Crippen molar-refractivity contribution in [1.29, 1.82) is 0 Å². The first-order valence-corrected chi connectivity index (χ1v) is 10.7. The van der Waals surface area contributed by atoms with Crippen LogP contribution < -0.4 is 0 Å². The molecule has 4 rings (SSSR count). The standard InChI is InChI=1S/C22H29N5O3/c1-17(28)26-12-8-19(9-13-26)22(29)27-11-5-10-25(14-15-27)16-20-23-21(30-24-20)18-6-3-2-4-7-18/h2-4,6-7,19H,5,8-16H2,1H3. The van der Waals surface area contributed by atoms with Crippen LogP contribution in [-0.2, 0) is 16.1 Å². The Balaban J connectivity index is 1.29. The van der Waals surface area contributed by atoms with Crippen molar-refractivity contribution in [2.75, 3.05) is 39.3 Å². The van der Waals surface area contributed by atoms with E-state index in [9.17, 15) is 9.59 Å². The summed E-state index contributed by atoms with van der Waals surface area (Å²) in [7, 11) is 0. The van der Waals surface area contributed by atoms with Crippen molar-refractivity contribution in [3.05, 3.63) is 36.2 Å². The summed E-state index contributed by atoms with van der Waals surface area (Å²) in [5.74, 6) is 1.59. The number of benzene rings is 1. The van der Waals surface area contributed by atoms with Gasteiger partial charge >= 0.3 is 0 Å². The summed E-state index contributed by atoms with van der Waals surface area (Å²) in [5, 5.41) is 4.13. The first-order chi connectivity index (χ1) is 14.6. The number of piperidine rings is 1. The summed E-state index contributed by atoms with van der Waals surface area (Å²) in [6.07, 6.45) is 2.47. The van der Waals surface area contributed by atoms with Gasteiger partial charge in [0, 0.05) is 57.7 Å². The van der Waals surface area contributed by atoms with Crippen molar-refractivity contribution in [2.45, 2.75) is 32.7 Å². The van der Waals surface area contributed by atoms with Crippen LogP contribution in [0, 0.1) is 5.92 Å². The molecule has 8 nitrogen and oxygen atoms in total. The molecule has 30 heavy (non-hydrogen) atoms. The number of nitrogens with zero attached hydrogens (tertiary/aromatic N) is 5. The second-order valence-corrected chi connectivity index (χ2v) is 8.12. The molecule has 0 saturated carbocycles. The Morgan fingerprint density at radius 1 is 1.00 bits per heavy atom. The predicted octanol–water partition coefficient (Wildman–Crippen LogP) is 2.03. The van der Waals surface area contributed by atoms with E-state index in [1.165, 1.54) is 0 Å². The van der Waals surface area contributed by atoms with Crippen LogP contribution in [0.1, 0.15) is 32.0 Å². The maximum atomic E-state index is 13.0. The number of carbonyl (C=O) groups excluding carboxylic acids is 2. The van der Waals surface area contributed by atoms with E-state index in [2.05, 4.69) is 15.0 Å². The lowest BCUT2D eigenvalue weighted by Crippen LogP contribution is -2.44. The molecule has 1 aromatic carbocycles. The van der Waals surface area contributed by atoms with Crippen LogP contribution in [0.3, 0.4) is 0 Å². The monoisotopic (exact) mass is 411 g/mol. The molecule has 2 saturated heterocycles. The first kappa shape index (κ1) is 20.5. The number of amides is 2. The van der Waals surface area contributed by atoms with E-state index in [0.717, 1.165) is 51.0 Å². The molecule has 0 N–H and O–H groups in total. The molecule has 2 aromatic rings. The van der Waals surface area contributed by atoms with Crippen LogP contribution in [0.2, 0.25) is 0 Å². The van der Waals surface area contributed by atoms with Crippen molar-refractivity contribution in [3.8, 4) is 11.5 Å². The minimum atomic E-state index is 0.0396. The summed E-state index contributed by atoms with van der Waals surface area (Å²) in [6, 6.07) is 9.76. The zero-order valence-electron chi connectivity index (χ0n) is 17.5. The van der Waals surface area contributed by atoms with E-state index in [4.69, 9.17) is 4.52 Å². The van der Waals surface area contributed by atoms with Crippen molar-refractivity contribution in [2.24, 2.45) is 5.92 Å². The number of aromatic nitrogens is 2. The number of carbonyl (C=O) groups is 2. The molecule has 2 aliphatic rings. The van der Waals surface area contributed by atoms with Crippen LogP contribution in [0.5, 0.6) is 0 Å². The molecule has 0 unspecified atom stereocenters. The fourth-order valence-electron chi connectivity index (χ4n) is 4.27. The smallest absolute Gasteiger partial charge is 0.257 e. The van der Waals surface area contributed by atoms with Crippen molar-refractivity contribution < 1.29 is 14.1 Å². The van der Waals surface area contributed by atoms with Gasteiger partial charge in [0.25, 0.3) is 5.89 Å². The van der Waals surface area contributed by atoms with E-state index in [0.29, 0.717) is 31.3 Å². The normalized spacial score (nSPS) is 19.0. The molecule has 1 aromatic heterocycles.